The number of ether oxygens (including phenoxy) is 6. The SMILES string of the molecule is CCC1OC(=O)[C@H](C)[C@@H](O[C@H]2C[C@@](C)(OC)[C@@](O)(c3ccco3)[C@H](C)O2)[C@H](C)[C@@H](O[C@@H]2O[C@H](C)C[C@H](N(C)C)[C@H]2O)[C@](C)(O)C[C@@H](C)CN[C@H](C)[C@@H](O)[C@]1(C)O. The van der Waals surface area contributed by atoms with E-state index in [4.69, 9.17) is 32.8 Å². The van der Waals surface area contributed by atoms with E-state index in [-0.39, 0.29) is 43.1 Å². The summed E-state index contributed by atoms with van der Waals surface area (Å²) in [6.07, 6.45) is -6.60. The van der Waals surface area contributed by atoms with Crippen LogP contribution in [0, 0.1) is 17.8 Å². The van der Waals surface area contributed by atoms with Gasteiger partial charge in [0.15, 0.2) is 18.2 Å². The molecule has 0 spiro atoms. The summed E-state index contributed by atoms with van der Waals surface area (Å²) in [5.74, 6) is -2.50. The first-order valence-electron chi connectivity index (χ1n) is 20.3. The third kappa shape index (κ3) is 9.50. The van der Waals surface area contributed by atoms with Crippen molar-refractivity contribution >= 4 is 5.97 Å². The largest absolute Gasteiger partial charge is 0.466 e. The van der Waals surface area contributed by atoms with Crippen LogP contribution >= 0.6 is 0 Å². The number of aliphatic hydroxyl groups is 5. The minimum atomic E-state index is -1.83. The molecule has 0 bridgehead atoms. The zero-order valence-corrected chi connectivity index (χ0v) is 35.8. The van der Waals surface area contributed by atoms with Gasteiger partial charge < -0.3 is 68.6 Å². The predicted molar refractivity (Wildman–Crippen MR) is 206 cm³/mol. The van der Waals surface area contributed by atoms with E-state index in [0.29, 0.717) is 13.0 Å². The fourth-order valence-corrected chi connectivity index (χ4v) is 9.32. The summed E-state index contributed by atoms with van der Waals surface area (Å²) >= 11 is 0. The summed E-state index contributed by atoms with van der Waals surface area (Å²) in [5, 5.41) is 62.6. The minimum Gasteiger partial charge on any atom is -0.466 e. The van der Waals surface area contributed by atoms with Crippen molar-refractivity contribution in [3.8, 4) is 0 Å². The smallest absolute Gasteiger partial charge is 0.311 e. The number of nitrogens with one attached hydrogen (secondary N) is 1. The van der Waals surface area contributed by atoms with E-state index < -0.39 is 95.5 Å². The van der Waals surface area contributed by atoms with Gasteiger partial charge in [0, 0.05) is 31.5 Å². The van der Waals surface area contributed by atoms with Gasteiger partial charge in [-0.1, -0.05) is 20.8 Å². The molecule has 0 aliphatic carbocycles. The van der Waals surface area contributed by atoms with Crippen LogP contribution in [0.1, 0.15) is 101 Å². The van der Waals surface area contributed by atoms with E-state index in [9.17, 15) is 30.3 Å². The average Bonchev–Trinajstić information content (AvgIpc) is 3.68. The minimum absolute atomic E-state index is 0.00348. The van der Waals surface area contributed by atoms with Gasteiger partial charge >= 0.3 is 5.97 Å². The highest BCUT2D eigenvalue weighted by atomic mass is 16.7. The number of hydrogen-bond acceptors (Lipinski definition) is 15. The molecule has 0 aromatic carbocycles. The van der Waals surface area contributed by atoms with E-state index in [1.807, 2.05) is 32.8 Å². The van der Waals surface area contributed by atoms with Crippen LogP contribution in [0.3, 0.4) is 0 Å². The Bertz CT molecular complexity index is 1400. The van der Waals surface area contributed by atoms with Crippen LogP contribution in [-0.2, 0) is 38.8 Å². The highest BCUT2D eigenvalue weighted by Gasteiger charge is 2.61. The number of carbonyl (C=O) groups excluding carboxylic acids is 1. The number of cyclic esters (lactones) is 1. The van der Waals surface area contributed by atoms with Gasteiger partial charge in [-0.3, -0.25) is 4.79 Å². The standard InChI is InChI=1S/C41H72N2O13/c1-14-29-40(10,48)34(45)26(6)42-21-22(2)19-38(8,47)35(56-37-32(44)28(43(11)12)18-23(3)52-37)24(4)33(25(5)36(46)54-29)55-31-20-39(9,50-13)41(49,27(7)53-31)30-16-15-17-51-30/h15-17,22-29,31-35,37,42,44-45,47-49H,14,18-21H2,1-13H3/t22-,23-,24+,25-,26-,27+,28+,29?,31+,32-,33+,34-,35-,37+,38-,39-,40-,41+/m1/s1. The molecule has 3 aliphatic heterocycles. The van der Waals surface area contributed by atoms with Crippen molar-refractivity contribution in [1.82, 2.24) is 10.2 Å². The molecule has 3 aliphatic rings. The topological polar surface area (TPSA) is 202 Å². The first-order chi connectivity index (χ1) is 25.9. The Morgan fingerprint density at radius 2 is 1.64 bits per heavy atom. The van der Waals surface area contributed by atoms with Crippen LogP contribution in [0.15, 0.2) is 22.8 Å². The molecule has 1 aromatic heterocycles. The Labute approximate surface area is 333 Å². The molecule has 4 heterocycles. The Morgan fingerprint density at radius 1 is 0.982 bits per heavy atom. The van der Waals surface area contributed by atoms with Crippen molar-refractivity contribution in [1.29, 1.82) is 0 Å². The lowest BCUT2D eigenvalue weighted by atomic mass is 9.74. The highest BCUT2D eigenvalue weighted by molar-refractivity contribution is 5.73. The van der Waals surface area contributed by atoms with Gasteiger partial charge in [-0.2, -0.15) is 0 Å². The second kappa shape index (κ2) is 18.3. The zero-order valence-electron chi connectivity index (χ0n) is 35.8. The van der Waals surface area contributed by atoms with Gasteiger partial charge in [0.2, 0.25) is 0 Å². The Balaban J connectivity index is 1.82. The summed E-state index contributed by atoms with van der Waals surface area (Å²) in [4.78, 5) is 16.2. The van der Waals surface area contributed by atoms with Crippen LogP contribution in [-0.4, -0.2) is 148 Å². The number of methoxy groups -OCH3 is 1. The lowest BCUT2D eigenvalue weighted by Gasteiger charge is -2.52. The molecule has 0 radical (unpaired) electrons. The van der Waals surface area contributed by atoms with E-state index in [0.717, 1.165) is 0 Å². The molecule has 4 rings (SSSR count). The number of aliphatic hydroxyl groups excluding tert-OH is 2. The normalized spacial score (nSPS) is 47.9. The van der Waals surface area contributed by atoms with E-state index >= 15 is 0 Å². The number of likely N-dealkylation sites (N-methyl/N-ethyl adjacent to an activating group) is 1. The third-order valence-electron chi connectivity index (χ3n) is 12.9. The molecule has 56 heavy (non-hydrogen) atoms. The highest BCUT2D eigenvalue weighted by Crippen LogP contribution is 2.48. The maximum absolute atomic E-state index is 14.3. The number of rotatable bonds is 8. The van der Waals surface area contributed by atoms with Gasteiger partial charge in [0.1, 0.15) is 35.3 Å². The predicted octanol–water partition coefficient (Wildman–Crippen LogP) is 2.68. The Hall–Kier alpha value is -1.73. The van der Waals surface area contributed by atoms with E-state index in [2.05, 4.69) is 5.32 Å². The van der Waals surface area contributed by atoms with Crippen LogP contribution in [0.25, 0.3) is 0 Å². The van der Waals surface area contributed by atoms with E-state index in [1.54, 1.807) is 60.6 Å². The summed E-state index contributed by atoms with van der Waals surface area (Å²) in [5.41, 5.74) is -6.43. The third-order valence-corrected chi connectivity index (χ3v) is 12.9. The fraction of sp³-hybridized carbons (Fsp3) is 0.878. The van der Waals surface area contributed by atoms with Crippen molar-refractivity contribution in [3.05, 3.63) is 24.2 Å². The molecule has 18 atom stereocenters. The molecular formula is C41H72N2O13. The van der Waals surface area contributed by atoms with Crippen LogP contribution in [0.5, 0.6) is 0 Å². The monoisotopic (exact) mass is 801 g/mol. The Morgan fingerprint density at radius 3 is 2.21 bits per heavy atom. The summed E-state index contributed by atoms with van der Waals surface area (Å²) in [6.45, 7) is 17.7. The fourth-order valence-electron chi connectivity index (χ4n) is 9.32. The molecule has 15 nitrogen and oxygen atoms in total. The maximum Gasteiger partial charge on any atom is 0.311 e. The second-order valence-corrected chi connectivity index (χ2v) is 17.8. The summed E-state index contributed by atoms with van der Waals surface area (Å²) in [7, 11) is 5.24. The van der Waals surface area contributed by atoms with Gasteiger partial charge in [-0.05, 0) is 106 Å². The first kappa shape index (κ1) is 47.0. The number of furan rings is 1. The molecule has 15 heteroatoms. The first-order valence-corrected chi connectivity index (χ1v) is 20.3. The van der Waals surface area contributed by atoms with Crippen LogP contribution < -0.4 is 5.32 Å². The van der Waals surface area contributed by atoms with Gasteiger partial charge in [-0.15, -0.1) is 0 Å². The van der Waals surface area contributed by atoms with Crippen molar-refractivity contribution in [3.63, 3.8) is 0 Å². The number of esters is 1. The second-order valence-electron chi connectivity index (χ2n) is 17.8. The van der Waals surface area contributed by atoms with Gasteiger partial charge in [0.05, 0.1) is 42.2 Å². The molecule has 3 fully saturated rings. The average molecular weight is 801 g/mol. The number of hydrogen-bond donors (Lipinski definition) is 6. The molecule has 1 aromatic rings. The quantitative estimate of drug-likeness (QED) is 0.210. The van der Waals surface area contributed by atoms with Gasteiger partial charge in [-0.25, -0.2) is 0 Å². The molecule has 1 unspecified atom stereocenters. The molecule has 0 saturated carbocycles. The van der Waals surface area contributed by atoms with E-state index in [1.165, 1.54) is 20.3 Å². The van der Waals surface area contributed by atoms with Crippen molar-refractivity contribution in [2.45, 2.75) is 185 Å². The number of nitrogens with zero attached hydrogens (tertiary/aromatic N) is 1. The molecular weight excluding hydrogens is 728 g/mol. The summed E-state index contributed by atoms with van der Waals surface area (Å²) < 4.78 is 43.8. The lowest BCUT2D eigenvalue weighted by molar-refractivity contribution is -0.344. The Kier molecular flexibility index (Phi) is 15.3. The lowest BCUT2D eigenvalue weighted by Crippen LogP contribution is -2.64. The molecule has 324 valence electrons. The summed E-state index contributed by atoms with van der Waals surface area (Å²) in [6, 6.07) is 2.42. The van der Waals surface area contributed by atoms with Crippen molar-refractivity contribution in [2.75, 3.05) is 27.7 Å². The molecule has 3 saturated heterocycles. The van der Waals surface area contributed by atoms with Gasteiger partial charge in [0.25, 0.3) is 0 Å². The molecule has 0 amide bonds. The maximum atomic E-state index is 14.3. The van der Waals surface area contributed by atoms with Crippen LogP contribution in [0.2, 0.25) is 0 Å². The number of carbonyl (C=O) groups is 1. The zero-order chi connectivity index (χ0) is 42.1. The molecule has 6 N–H and O–H groups in total. The van der Waals surface area contributed by atoms with Crippen molar-refractivity contribution < 1.29 is 63.2 Å². The van der Waals surface area contributed by atoms with Crippen LogP contribution in [0.4, 0.5) is 0 Å². The van der Waals surface area contributed by atoms with Crippen molar-refractivity contribution in [2.24, 2.45) is 17.8 Å².